The molecule has 0 saturated carbocycles. The van der Waals surface area contributed by atoms with Crippen molar-refractivity contribution in [2.24, 2.45) is 5.92 Å². The number of ether oxygens (including phenoxy) is 1. The molecule has 21 heavy (non-hydrogen) atoms. The Morgan fingerprint density at radius 3 is 2.81 bits per heavy atom. The third-order valence-electron chi connectivity index (χ3n) is 3.95. The molecule has 6 nitrogen and oxygen atoms in total. The van der Waals surface area contributed by atoms with Crippen LogP contribution in [0.2, 0.25) is 0 Å². The molecule has 0 aliphatic carbocycles. The lowest BCUT2D eigenvalue weighted by Gasteiger charge is -2.31. The van der Waals surface area contributed by atoms with Crippen molar-refractivity contribution in [1.29, 1.82) is 0 Å². The molecule has 1 aromatic rings. The molecule has 1 saturated heterocycles. The van der Waals surface area contributed by atoms with E-state index in [1.54, 1.807) is 4.90 Å². The summed E-state index contributed by atoms with van der Waals surface area (Å²) >= 11 is 0. The van der Waals surface area contributed by atoms with Gasteiger partial charge in [0.15, 0.2) is 0 Å². The van der Waals surface area contributed by atoms with Gasteiger partial charge >= 0.3 is 5.97 Å². The van der Waals surface area contributed by atoms with Crippen molar-refractivity contribution >= 4 is 11.9 Å². The highest BCUT2D eigenvalue weighted by Gasteiger charge is 2.28. The van der Waals surface area contributed by atoms with Crippen LogP contribution in [0.4, 0.5) is 0 Å². The Bertz CT molecular complexity index is 524. The van der Waals surface area contributed by atoms with E-state index >= 15 is 0 Å². The van der Waals surface area contributed by atoms with E-state index < -0.39 is 0 Å². The van der Waals surface area contributed by atoms with Crippen LogP contribution in [0.3, 0.4) is 0 Å². The molecule has 1 aliphatic heterocycles. The van der Waals surface area contributed by atoms with E-state index in [0.29, 0.717) is 19.5 Å². The van der Waals surface area contributed by atoms with Crippen LogP contribution in [0.25, 0.3) is 0 Å². The minimum Gasteiger partial charge on any atom is -0.469 e. The lowest BCUT2D eigenvalue weighted by Crippen LogP contribution is -2.42. The minimum atomic E-state index is -0.217. The quantitative estimate of drug-likeness (QED) is 0.785. The van der Waals surface area contributed by atoms with Gasteiger partial charge in [-0.2, -0.15) is 5.10 Å². The molecule has 1 unspecified atom stereocenters. The second-order valence-corrected chi connectivity index (χ2v) is 5.60. The van der Waals surface area contributed by atoms with E-state index in [0.717, 1.165) is 30.8 Å². The molecule has 0 aromatic carbocycles. The largest absolute Gasteiger partial charge is 0.469 e. The summed E-state index contributed by atoms with van der Waals surface area (Å²) in [7, 11) is 1.39. The number of piperidine rings is 1. The number of hydrogen-bond donors (Lipinski definition) is 0. The Morgan fingerprint density at radius 2 is 2.19 bits per heavy atom. The van der Waals surface area contributed by atoms with Crippen LogP contribution in [-0.4, -0.2) is 46.8 Å². The van der Waals surface area contributed by atoms with E-state index in [4.69, 9.17) is 4.74 Å². The second-order valence-electron chi connectivity index (χ2n) is 5.60. The van der Waals surface area contributed by atoms with E-state index in [-0.39, 0.29) is 17.8 Å². The van der Waals surface area contributed by atoms with Crippen LogP contribution in [0.5, 0.6) is 0 Å². The zero-order valence-electron chi connectivity index (χ0n) is 13.0. The number of aromatic nitrogens is 2. The molecule has 1 fully saturated rings. The SMILES string of the molecule is COC(=O)C1CCCN(C(=O)CCn2nc(C)cc2C)C1. The molecule has 1 aromatic heterocycles. The number of likely N-dealkylation sites (tertiary alicyclic amines) is 1. The predicted octanol–water partition coefficient (Wildman–Crippen LogP) is 1.30. The fourth-order valence-electron chi connectivity index (χ4n) is 2.82. The van der Waals surface area contributed by atoms with Gasteiger partial charge in [0.25, 0.3) is 0 Å². The van der Waals surface area contributed by atoms with Crippen molar-refractivity contribution in [2.75, 3.05) is 20.2 Å². The van der Waals surface area contributed by atoms with E-state index in [1.165, 1.54) is 7.11 Å². The summed E-state index contributed by atoms with van der Waals surface area (Å²) in [6.45, 7) is 5.71. The number of carbonyl (C=O) groups excluding carboxylic acids is 2. The fourth-order valence-corrected chi connectivity index (χ4v) is 2.82. The molecular formula is C15H23N3O3. The first-order valence-corrected chi connectivity index (χ1v) is 7.38. The molecule has 116 valence electrons. The summed E-state index contributed by atoms with van der Waals surface area (Å²) in [5.41, 5.74) is 2.02. The Hall–Kier alpha value is -1.85. The smallest absolute Gasteiger partial charge is 0.310 e. The highest BCUT2D eigenvalue weighted by molar-refractivity contribution is 5.78. The molecule has 1 amide bonds. The van der Waals surface area contributed by atoms with Crippen molar-refractivity contribution in [3.05, 3.63) is 17.5 Å². The molecule has 1 atom stereocenters. The lowest BCUT2D eigenvalue weighted by molar-refractivity contribution is -0.149. The Morgan fingerprint density at radius 1 is 1.43 bits per heavy atom. The molecule has 2 rings (SSSR count). The first kappa shape index (κ1) is 15.5. The van der Waals surface area contributed by atoms with Gasteiger partial charge in [0, 0.05) is 31.7 Å². The number of nitrogens with zero attached hydrogens (tertiary/aromatic N) is 3. The molecule has 2 heterocycles. The zero-order chi connectivity index (χ0) is 15.4. The summed E-state index contributed by atoms with van der Waals surface area (Å²) in [5.74, 6) is -0.316. The van der Waals surface area contributed by atoms with Gasteiger partial charge in [-0.3, -0.25) is 14.3 Å². The number of aryl methyl sites for hydroxylation is 3. The van der Waals surface area contributed by atoms with Gasteiger partial charge < -0.3 is 9.64 Å². The van der Waals surface area contributed by atoms with E-state index in [9.17, 15) is 9.59 Å². The summed E-state index contributed by atoms with van der Waals surface area (Å²) in [5, 5.41) is 4.36. The van der Waals surface area contributed by atoms with Gasteiger partial charge in [-0.05, 0) is 32.8 Å². The van der Waals surface area contributed by atoms with Crippen molar-refractivity contribution < 1.29 is 14.3 Å². The molecular weight excluding hydrogens is 270 g/mol. The Kier molecular flexibility index (Phi) is 4.98. The van der Waals surface area contributed by atoms with Crippen molar-refractivity contribution in [2.45, 2.75) is 39.7 Å². The first-order chi connectivity index (χ1) is 10.0. The topological polar surface area (TPSA) is 64.4 Å². The summed E-state index contributed by atoms with van der Waals surface area (Å²) in [4.78, 5) is 25.6. The van der Waals surface area contributed by atoms with Crippen LogP contribution in [0, 0.1) is 19.8 Å². The van der Waals surface area contributed by atoms with Crippen LogP contribution in [-0.2, 0) is 20.9 Å². The van der Waals surface area contributed by atoms with Gasteiger partial charge in [-0.25, -0.2) is 0 Å². The molecule has 0 bridgehead atoms. The number of rotatable bonds is 4. The summed E-state index contributed by atoms with van der Waals surface area (Å²) in [6, 6.07) is 2.00. The summed E-state index contributed by atoms with van der Waals surface area (Å²) < 4.78 is 6.63. The van der Waals surface area contributed by atoms with Gasteiger partial charge in [0.1, 0.15) is 0 Å². The third kappa shape index (κ3) is 3.83. The second kappa shape index (κ2) is 6.74. The number of esters is 1. The van der Waals surface area contributed by atoms with Crippen molar-refractivity contribution in [3.63, 3.8) is 0 Å². The standard InChI is InChI=1S/C15H23N3O3/c1-11-9-12(2)18(16-11)8-6-14(19)17-7-4-5-13(10-17)15(20)21-3/h9,13H,4-8,10H2,1-3H3. The maximum absolute atomic E-state index is 12.3. The first-order valence-electron chi connectivity index (χ1n) is 7.38. The summed E-state index contributed by atoms with van der Waals surface area (Å²) in [6.07, 6.45) is 2.06. The van der Waals surface area contributed by atoms with Gasteiger partial charge in [0.2, 0.25) is 5.91 Å². The lowest BCUT2D eigenvalue weighted by atomic mass is 9.98. The van der Waals surface area contributed by atoms with Crippen LogP contribution >= 0.6 is 0 Å². The Labute approximate surface area is 125 Å². The minimum absolute atomic E-state index is 0.0798. The third-order valence-corrected chi connectivity index (χ3v) is 3.95. The molecule has 0 spiro atoms. The number of hydrogen-bond acceptors (Lipinski definition) is 4. The van der Waals surface area contributed by atoms with E-state index in [1.807, 2.05) is 24.6 Å². The highest BCUT2D eigenvalue weighted by Crippen LogP contribution is 2.18. The Balaban J connectivity index is 1.88. The zero-order valence-corrected chi connectivity index (χ0v) is 13.0. The average molecular weight is 293 g/mol. The molecule has 0 radical (unpaired) electrons. The van der Waals surface area contributed by atoms with Gasteiger partial charge in [-0.1, -0.05) is 0 Å². The number of carbonyl (C=O) groups is 2. The van der Waals surface area contributed by atoms with Gasteiger partial charge in [-0.15, -0.1) is 0 Å². The number of amides is 1. The maximum Gasteiger partial charge on any atom is 0.310 e. The normalized spacial score (nSPS) is 18.6. The molecule has 1 aliphatic rings. The van der Waals surface area contributed by atoms with E-state index in [2.05, 4.69) is 5.10 Å². The van der Waals surface area contributed by atoms with Gasteiger partial charge in [0.05, 0.1) is 18.7 Å². The molecule has 0 N–H and O–H groups in total. The molecule has 6 heteroatoms. The van der Waals surface area contributed by atoms with Crippen molar-refractivity contribution in [1.82, 2.24) is 14.7 Å². The van der Waals surface area contributed by atoms with Crippen LogP contribution < -0.4 is 0 Å². The highest BCUT2D eigenvalue weighted by atomic mass is 16.5. The monoisotopic (exact) mass is 293 g/mol. The number of methoxy groups -OCH3 is 1. The maximum atomic E-state index is 12.3. The average Bonchev–Trinajstić information content (AvgIpc) is 2.82. The van der Waals surface area contributed by atoms with Crippen LogP contribution in [0.1, 0.15) is 30.7 Å². The fraction of sp³-hybridized carbons (Fsp3) is 0.667. The predicted molar refractivity (Wildman–Crippen MR) is 77.6 cm³/mol. The van der Waals surface area contributed by atoms with Crippen LogP contribution in [0.15, 0.2) is 6.07 Å². The van der Waals surface area contributed by atoms with Crippen molar-refractivity contribution in [3.8, 4) is 0 Å².